The van der Waals surface area contributed by atoms with Crippen molar-refractivity contribution in [2.45, 2.75) is 25.4 Å². The molecule has 2 rings (SSSR count). The number of nitrogens with one attached hydrogen (secondary N) is 2. The Kier molecular flexibility index (Phi) is 4.94. The molecule has 0 aromatic carbocycles. The summed E-state index contributed by atoms with van der Waals surface area (Å²) in [6.45, 7) is 4.30. The van der Waals surface area contributed by atoms with Crippen LogP contribution in [0.25, 0.3) is 0 Å². The molecule has 5 heteroatoms. The smallest absolute Gasteiger partial charge is 0.0753 e. The van der Waals surface area contributed by atoms with Crippen LogP contribution in [0.3, 0.4) is 0 Å². The van der Waals surface area contributed by atoms with Crippen LogP contribution in [0.4, 0.5) is 0 Å². The number of halogens is 1. The van der Waals surface area contributed by atoms with Crippen molar-refractivity contribution in [1.82, 2.24) is 20.6 Å². The van der Waals surface area contributed by atoms with Crippen molar-refractivity contribution >= 4 is 12.4 Å². The molecule has 0 spiro atoms. The maximum absolute atomic E-state index is 4.28. The van der Waals surface area contributed by atoms with Crippen molar-refractivity contribution in [3.8, 4) is 0 Å². The van der Waals surface area contributed by atoms with Gasteiger partial charge in [-0.2, -0.15) is 0 Å². The highest BCUT2D eigenvalue weighted by Gasteiger charge is 2.17. The first-order valence-electron chi connectivity index (χ1n) is 5.09. The third-order valence-corrected chi connectivity index (χ3v) is 2.57. The minimum absolute atomic E-state index is 0. The van der Waals surface area contributed by atoms with E-state index in [1.54, 1.807) is 12.4 Å². The Morgan fingerprint density at radius 2 is 2.40 bits per heavy atom. The molecule has 4 nitrogen and oxygen atoms in total. The van der Waals surface area contributed by atoms with Gasteiger partial charge in [-0.3, -0.25) is 9.97 Å². The van der Waals surface area contributed by atoms with Gasteiger partial charge in [-0.25, -0.2) is 0 Å². The normalized spacial score (nSPS) is 22.1. The van der Waals surface area contributed by atoms with Crippen molar-refractivity contribution in [3.63, 3.8) is 0 Å². The Balaban J connectivity index is 0.00000112. The minimum atomic E-state index is 0. The summed E-state index contributed by atoms with van der Waals surface area (Å²) in [7, 11) is 0. The summed E-state index contributed by atoms with van der Waals surface area (Å²) in [5, 5.41) is 6.86. The van der Waals surface area contributed by atoms with Crippen molar-refractivity contribution in [3.05, 3.63) is 24.3 Å². The van der Waals surface area contributed by atoms with Gasteiger partial charge in [0.2, 0.25) is 0 Å². The van der Waals surface area contributed by atoms with E-state index in [1.807, 2.05) is 6.20 Å². The molecule has 0 saturated carbocycles. The molecule has 84 valence electrons. The molecule has 2 unspecified atom stereocenters. The Morgan fingerprint density at radius 3 is 3.00 bits per heavy atom. The highest BCUT2D eigenvalue weighted by Crippen LogP contribution is 2.10. The largest absolute Gasteiger partial charge is 0.315 e. The van der Waals surface area contributed by atoms with Gasteiger partial charge >= 0.3 is 0 Å². The van der Waals surface area contributed by atoms with Crippen molar-refractivity contribution in [1.29, 1.82) is 0 Å². The second-order valence-electron chi connectivity index (χ2n) is 3.71. The number of rotatable bonds is 3. The molecule has 1 aromatic heterocycles. The average Bonchev–Trinajstić information content (AvgIpc) is 2.72. The summed E-state index contributed by atoms with van der Waals surface area (Å²) in [6, 6.07) is 0.862. The molecule has 2 N–H and O–H groups in total. The van der Waals surface area contributed by atoms with E-state index in [4.69, 9.17) is 0 Å². The first-order chi connectivity index (χ1) is 6.86. The number of nitrogens with zero attached hydrogens (tertiary/aromatic N) is 2. The maximum Gasteiger partial charge on any atom is 0.0753 e. The predicted octanol–water partition coefficient (Wildman–Crippen LogP) is 0.911. The molecule has 15 heavy (non-hydrogen) atoms. The van der Waals surface area contributed by atoms with Crippen LogP contribution in [-0.2, 0) is 0 Å². The van der Waals surface area contributed by atoms with Gasteiger partial charge in [-0.15, -0.1) is 12.4 Å². The van der Waals surface area contributed by atoms with E-state index >= 15 is 0 Å². The van der Waals surface area contributed by atoms with E-state index < -0.39 is 0 Å². The molecular formula is C10H17ClN4. The minimum Gasteiger partial charge on any atom is -0.315 e. The van der Waals surface area contributed by atoms with E-state index in [0.717, 1.165) is 18.8 Å². The van der Waals surface area contributed by atoms with E-state index in [1.165, 1.54) is 6.42 Å². The van der Waals surface area contributed by atoms with Gasteiger partial charge in [0.1, 0.15) is 0 Å². The molecule has 0 aliphatic carbocycles. The SMILES string of the molecule is CC(NC1CCNC1)c1cnccn1.Cl. The molecule has 0 bridgehead atoms. The quantitative estimate of drug-likeness (QED) is 0.808. The molecule has 1 aliphatic rings. The first-order valence-corrected chi connectivity index (χ1v) is 5.09. The topological polar surface area (TPSA) is 49.8 Å². The molecule has 2 atom stereocenters. The van der Waals surface area contributed by atoms with Crippen LogP contribution in [0.2, 0.25) is 0 Å². The molecule has 0 amide bonds. The average molecular weight is 229 g/mol. The number of hydrogen-bond acceptors (Lipinski definition) is 4. The molecule has 1 aromatic rings. The summed E-state index contributed by atoms with van der Waals surface area (Å²) in [5.74, 6) is 0. The second kappa shape index (κ2) is 6.00. The van der Waals surface area contributed by atoms with Crippen LogP contribution in [0, 0.1) is 0 Å². The lowest BCUT2D eigenvalue weighted by atomic mass is 10.2. The lowest BCUT2D eigenvalue weighted by Gasteiger charge is -2.17. The molecule has 1 fully saturated rings. The Bertz CT molecular complexity index is 274. The lowest BCUT2D eigenvalue weighted by molar-refractivity contribution is 0.470. The summed E-state index contributed by atoms with van der Waals surface area (Å²) in [4.78, 5) is 8.34. The van der Waals surface area contributed by atoms with E-state index in [2.05, 4.69) is 27.5 Å². The van der Waals surface area contributed by atoms with Gasteiger partial charge in [0.25, 0.3) is 0 Å². The van der Waals surface area contributed by atoms with Crippen LogP contribution in [0.15, 0.2) is 18.6 Å². The van der Waals surface area contributed by atoms with Gasteiger partial charge < -0.3 is 10.6 Å². The van der Waals surface area contributed by atoms with Crippen molar-refractivity contribution < 1.29 is 0 Å². The molecule has 0 radical (unpaired) electrons. The van der Waals surface area contributed by atoms with Gasteiger partial charge in [0.05, 0.1) is 5.69 Å². The van der Waals surface area contributed by atoms with Gasteiger partial charge in [0.15, 0.2) is 0 Å². The summed E-state index contributed by atoms with van der Waals surface area (Å²) in [6.07, 6.45) is 6.46. The zero-order valence-corrected chi connectivity index (χ0v) is 9.63. The molecule has 1 aliphatic heterocycles. The lowest BCUT2D eigenvalue weighted by Crippen LogP contribution is -2.33. The van der Waals surface area contributed by atoms with Crippen LogP contribution >= 0.6 is 12.4 Å². The van der Waals surface area contributed by atoms with Crippen molar-refractivity contribution in [2.75, 3.05) is 13.1 Å². The second-order valence-corrected chi connectivity index (χ2v) is 3.71. The molecule has 1 saturated heterocycles. The van der Waals surface area contributed by atoms with E-state index in [-0.39, 0.29) is 18.4 Å². The fraction of sp³-hybridized carbons (Fsp3) is 0.600. The third-order valence-electron chi connectivity index (χ3n) is 2.57. The molecular weight excluding hydrogens is 212 g/mol. The third kappa shape index (κ3) is 3.41. The Hall–Kier alpha value is -0.710. The van der Waals surface area contributed by atoms with Crippen molar-refractivity contribution in [2.24, 2.45) is 0 Å². The fourth-order valence-corrected chi connectivity index (χ4v) is 1.77. The summed E-state index contributed by atoms with van der Waals surface area (Å²) < 4.78 is 0. The Morgan fingerprint density at radius 1 is 1.53 bits per heavy atom. The number of aromatic nitrogens is 2. The predicted molar refractivity (Wildman–Crippen MR) is 62.1 cm³/mol. The Labute approximate surface area is 96.3 Å². The number of hydrogen-bond donors (Lipinski definition) is 2. The van der Waals surface area contributed by atoms with Gasteiger partial charge in [-0.05, 0) is 19.9 Å². The van der Waals surface area contributed by atoms with Crippen LogP contribution < -0.4 is 10.6 Å². The zero-order valence-electron chi connectivity index (χ0n) is 8.81. The zero-order chi connectivity index (χ0) is 9.80. The molecule has 2 heterocycles. The van der Waals surface area contributed by atoms with E-state index in [0.29, 0.717) is 6.04 Å². The van der Waals surface area contributed by atoms with Gasteiger partial charge in [0, 0.05) is 37.2 Å². The fourth-order valence-electron chi connectivity index (χ4n) is 1.77. The highest BCUT2D eigenvalue weighted by atomic mass is 35.5. The monoisotopic (exact) mass is 228 g/mol. The van der Waals surface area contributed by atoms with Crippen LogP contribution in [0.1, 0.15) is 25.1 Å². The van der Waals surface area contributed by atoms with E-state index in [9.17, 15) is 0 Å². The first kappa shape index (κ1) is 12.4. The van der Waals surface area contributed by atoms with Gasteiger partial charge in [-0.1, -0.05) is 0 Å². The maximum atomic E-state index is 4.28. The van der Waals surface area contributed by atoms with Crippen LogP contribution in [0.5, 0.6) is 0 Å². The summed E-state index contributed by atoms with van der Waals surface area (Å²) in [5.41, 5.74) is 1.01. The standard InChI is InChI=1S/C10H16N4.ClH/c1-8(10-7-12-4-5-13-10)14-9-2-3-11-6-9;/h4-5,7-9,11,14H,2-3,6H2,1H3;1H. The van der Waals surface area contributed by atoms with Crippen LogP contribution in [-0.4, -0.2) is 29.1 Å². The highest BCUT2D eigenvalue weighted by molar-refractivity contribution is 5.85. The summed E-state index contributed by atoms with van der Waals surface area (Å²) >= 11 is 0.